The number of nitrogens with zero attached hydrogens (tertiary/aromatic N) is 3. The first-order valence-electron chi connectivity index (χ1n) is 11.1. The van der Waals surface area contributed by atoms with Crippen LogP contribution >= 0.6 is 0 Å². The molecule has 2 aromatic rings. The second kappa shape index (κ2) is 10.3. The van der Waals surface area contributed by atoms with Gasteiger partial charge in [-0.15, -0.1) is 0 Å². The molecule has 2 aromatic carbocycles. The molecule has 1 unspecified atom stereocenters. The van der Waals surface area contributed by atoms with Gasteiger partial charge in [0.2, 0.25) is 0 Å². The molecule has 12 nitrogen and oxygen atoms in total. The van der Waals surface area contributed by atoms with Crippen molar-refractivity contribution in [3.8, 4) is 17.6 Å². The number of anilines is 1. The number of ether oxygens (including phenoxy) is 4. The SMILES string of the molecule is COC(=O)C1=C(C(=O)OC)N(c2cc3c(cc2[N+](=O)[O-])OCCCO3)C(N)=C(C#N)C1c1ccccc1. The van der Waals surface area contributed by atoms with Crippen molar-refractivity contribution in [1.29, 1.82) is 5.26 Å². The third-order valence-corrected chi connectivity index (χ3v) is 5.89. The molecule has 1 atom stereocenters. The van der Waals surface area contributed by atoms with Gasteiger partial charge in [-0.05, 0) is 5.56 Å². The number of carbonyl (C=O) groups is 2. The summed E-state index contributed by atoms with van der Waals surface area (Å²) in [5, 5.41) is 22.3. The highest BCUT2D eigenvalue weighted by molar-refractivity contribution is 6.07. The van der Waals surface area contributed by atoms with Gasteiger partial charge >= 0.3 is 11.9 Å². The number of nitro benzene ring substituents is 1. The second-order valence-electron chi connectivity index (χ2n) is 7.93. The second-order valence-corrected chi connectivity index (χ2v) is 7.93. The summed E-state index contributed by atoms with van der Waals surface area (Å²) in [4.78, 5) is 38.8. The molecule has 0 saturated heterocycles. The number of nitrogens with two attached hydrogens (primary N) is 1. The van der Waals surface area contributed by atoms with Crippen LogP contribution in [0.2, 0.25) is 0 Å². The zero-order valence-electron chi connectivity index (χ0n) is 19.9. The van der Waals surface area contributed by atoms with Crippen LogP contribution in [-0.4, -0.2) is 44.3 Å². The fourth-order valence-electron chi connectivity index (χ4n) is 4.28. The molecule has 0 radical (unpaired) electrons. The van der Waals surface area contributed by atoms with Gasteiger partial charge in [-0.1, -0.05) is 30.3 Å². The Morgan fingerprint density at radius 3 is 2.30 bits per heavy atom. The van der Waals surface area contributed by atoms with E-state index in [1.807, 2.05) is 6.07 Å². The van der Waals surface area contributed by atoms with Gasteiger partial charge in [0, 0.05) is 12.5 Å². The number of benzene rings is 2. The smallest absolute Gasteiger partial charge is 0.355 e. The maximum atomic E-state index is 13.2. The van der Waals surface area contributed by atoms with E-state index >= 15 is 0 Å². The molecule has 12 heteroatoms. The first-order chi connectivity index (χ1) is 17.8. The molecule has 0 saturated carbocycles. The van der Waals surface area contributed by atoms with Crippen LogP contribution in [0.5, 0.6) is 11.5 Å². The number of nitriles is 1. The highest BCUT2D eigenvalue weighted by Crippen LogP contribution is 2.48. The van der Waals surface area contributed by atoms with E-state index in [1.165, 1.54) is 6.07 Å². The van der Waals surface area contributed by atoms with Gasteiger partial charge in [0.15, 0.2) is 11.5 Å². The fourth-order valence-corrected chi connectivity index (χ4v) is 4.28. The molecule has 2 aliphatic rings. The van der Waals surface area contributed by atoms with Crippen LogP contribution in [0.25, 0.3) is 0 Å². The van der Waals surface area contributed by atoms with E-state index in [0.29, 0.717) is 12.0 Å². The van der Waals surface area contributed by atoms with Gasteiger partial charge in [-0.25, -0.2) is 9.59 Å². The van der Waals surface area contributed by atoms with Gasteiger partial charge in [-0.3, -0.25) is 15.0 Å². The number of carbonyl (C=O) groups excluding carboxylic acids is 2. The van der Waals surface area contributed by atoms with Gasteiger partial charge in [-0.2, -0.15) is 5.26 Å². The predicted molar refractivity (Wildman–Crippen MR) is 128 cm³/mol. The lowest BCUT2D eigenvalue weighted by molar-refractivity contribution is -0.384. The molecule has 4 rings (SSSR count). The third kappa shape index (κ3) is 4.38. The lowest BCUT2D eigenvalue weighted by Gasteiger charge is -2.35. The van der Waals surface area contributed by atoms with E-state index in [1.54, 1.807) is 30.3 Å². The molecule has 0 aromatic heterocycles. The quantitative estimate of drug-likeness (QED) is 0.359. The molecular weight excluding hydrogens is 484 g/mol. The maximum Gasteiger partial charge on any atom is 0.355 e. The van der Waals surface area contributed by atoms with Gasteiger partial charge < -0.3 is 24.7 Å². The Balaban J connectivity index is 2.10. The van der Waals surface area contributed by atoms with Crippen molar-refractivity contribution in [3.05, 3.63) is 80.8 Å². The fraction of sp³-hybridized carbons (Fsp3) is 0.240. The Kier molecular flexibility index (Phi) is 6.97. The van der Waals surface area contributed by atoms with Gasteiger partial charge in [0.1, 0.15) is 17.2 Å². The standard InChI is InChI=1S/C25H22N4O8/c1-34-24(30)21-20(14-7-4-3-5-8-14)15(13-26)23(27)28(22(21)25(31)35-2)16-11-18-19(12-17(16)29(32)33)37-10-6-9-36-18/h3-5,7-8,11-12,20H,6,9-10,27H2,1-2H3. The van der Waals surface area contributed by atoms with Crippen molar-refractivity contribution in [3.63, 3.8) is 0 Å². The Morgan fingerprint density at radius 2 is 1.73 bits per heavy atom. The Morgan fingerprint density at radius 1 is 1.11 bits per heavy atom. The highest BCUT2D eigenvalue weighted by atomic mass is 16.6. The van der Waals surface area contributed by atoms with E-state index in [0.717, 1.165) is 25.2 Å². The summed E-state index contributed by atoms with van der Waals surface area (Å²) in [7, 11) is 2.20. The summed E-state index contributed by atoms with van der Waals surface area (Å²) < 4.78 is 21.2. The van der Waals surface area contributed by atoms with Crippen LogP contribution in [0.3, 0.4) is 0 Å². The molecular formula is C25H22N4O8. The number of nitro groups is 1. The number of hydrogen-bond donors (Lipinski definition) is 1. The minimum Gasteiger partial charge on any atom is -0.489 e. The third-order valence-electron chi connectivity index (χ3n) is 5.89. The van der Waals surface area contributed by atoms with Crippen LogP contribution < -0.4 is 20.1 Å². The van der Waals surface area contributed by atoms with E-state index in [2.05, 4.69) is 0 Å². The van der Waals surface area contributed by atoms with Crippen LogP contribution in [-0.2, 0) is 19.1 Å². The molecule has 0 fully saturated rings. The van der Waals surface area contributed by atoms with E-state index in [-0.39, 0.29) is 47.4 Å². The van der Waals surface area contributed by atoms with Crippen molar-refractivity contribution in [2.75, 3.05) is 32.3 Å². The van der Waals surface area contributed by atoms with Crippen molar-refractivity contribution < 1.29 is 33.5 Å². The number of fused-ring (bicyclic) bond motifs is 1. The molecule has 0 aliphatic carbocycles. The van der Waals surface area contributed by atoms with E-state index in [9.17, 15) is 25.0 Å². The minimum absolute atomic E-state index is 0.124. The van der Waals surface area contributed by atoms with E-state index in [4.69, 9.17) is 24.7 Å². The largest absolute Gasteiger partial charge is 0.489 e. The maximum absolute atomic E-state index is 13.2. The summed E-state index contributed by atoms with van der Waals surface area (Å²) in [6.45, 7) is 0.564. The molecule has 0 spiro atoms. The van der Waals surface area contributed by atoms with Crippen LogP contribution in [0.4, 0.5) is 11.4 Å². The van der Waals surface area contributed by atoms with Gasteiger partial charge in [0.05, 0.1) is 61.6 Å². The normalized spacial score (nSPS) is 17.0. The van der Waals surface area contributed by atoms with Gasteiger partial charge in [0.25, 0.3) is 5.69 Å². The van der Waals surface area contributed by atoms with Crippen LogP contribution in [0.1, 0.15) is 17.9 Å². The Bertz CT molecular complexity index is 1380. The lowest BCUT2D eigenvalue weighted by Crippen LogP contribution is -2.41. The summed E-state index contributed by atoms with van der Waals surface area (Å²) >= 11 is 0. The molecule has 190 valence electrons. The zero-order valence-corrected chi connectivity index (χ0v) is 19.9. The molecule has 2 aliphatic heterocycles. The van der Waals surface area contributed by atoms with Crippen molar-refractivity contribution in [2.45, 2.75) is 12.3 Å². The molecule has 2 N–H and O–H groups in total. The topological polar surface area (TPSA) is 167 Å². The molecule has 37 heavy (non-hydrogen) atoms. The lowest BCUT2D eigenvalue weighted by atomic mass is 9.81. The first-order valence-corrected chi connectivity index (χ1v) is 11.1. The summed E-state index contributed by atoms with van der Waals surface area (Å²) in [5.74, 6) is -3.09. The number of esters is 2. The van der Waals surface area contributed by atoms with Crippen LogP contribution in [0.15, 0.2) is 65.1 Å². The number of allylic oxidation sites excluding steroid dienone is 1. The van der Waals surface area contributed by atoms with E-state index < -0.39 is 34.2 Å². The Hall–Kier alpha value is -5.05. The predicted octanol–water partition coefficient (Wildman–Crippen LogP) is 2.65. The summed E-state index contributed by atoms with van der Waals surface area (Å²) in [5.41, 5.74) is 5.36. The number of hydrogen-bond acceptors (Lipinski definition) is 11. The summed E-state index contributed by atoms with van der Waals surface area (Å²) in [6.07, 6.45) is 0.542. The van der Waals surface area contributed by atoms with Crippen molar-refractivity contribution in [2.24, 2.45) is 5.73 Å². The average molecular weight is 506 g/mol. The number of rotatable bonds is 5. The molecule has 0 bridgehead atoms. The molecule has 2 heterocycles. The number of methoxy groups -OCH3 is 2. The minimum atomic E-state index is -1.11. The molecule has 0 amide bonds. The summed E-state index contributed by atoms with van der Waals surface area (Å²) in [6, 6.07) is 12.8. The zero-order chi connectivity index (χ0) is 26.7. The van der Waals surface area contributed by atoms with Crippen molar-refractivity contribution >= 4 is 23.3 Å². The first kappa shape index (κ1) is 25.1. The van der Waals surface area contributed by atoms with Crippen LogP contribution in [0, 0.1) is 21.4 Å². The van der Waals surface area contributed by atoms with Crippen molar-refractivity contribution in [1.82, 2.24) is 0 Å². The average Bonchev–Trinajstić information content (AvgIpc) is 3.16. The monoisotopic (exact) mass is 506 g/mol. The Labute approximate surface area is 211 Å². The highest BCUT2D eigenvalue weighted by Gasteiger charge is 2.44.